The van der Waals surface area contributed by atoms with Gasteiger partial charge < -0.3 is 24.9 Å². The van der Waals surface area contributed by atoms with Crippen molar-refractivity contribution in [1.82, 2.24) is 24.9 Å². The summed E-state index contributed by atoms with van der Waals surface area (Å²) in [4.78, 5) is 22.0. The maximum atomic E-state index is 14.0. The van der Waals surface area contributed by atoms with Crippen LogP contribution in [-0.2, 0) is 145 Å². The quantitative estimate of drug-likeness (QED) is 0.0292. The number of nitrogens with zero attached hydrogens (tertiary/aromatic N) is 5. The molecule has 11 rings (SSSR count). The van der Waals surface area contributed by atoms with E-state index in [4.69, 9.17) is 0 Å². The number of aryl methyl sites for hydroxylation is 9. The Morgan fingerprint density at radius 1 is 0.336 bits per heavy atom. The average Bonchev–Trinajstić information content (AvgIpc) is 0.778. The van der Waals surface area contributed by atoms with Crippen LogP contribution in [0.15, 0.2) is 195 Å². The van der Waals surface area contributed by atoms with Crippen LogP contribution in [0, 0.1) is 62.7 Å². The predicted octanol–water partition coefficient (Wildman–Crippen LogP) is 25.8. The van der Waals surface area contributed by atoms with Crippen molar-refractivity contribution in [2.45, 2.75) is 203 Å². The van der Waals surface area contributed by atoms with Crippen molar-refractivity contribution in [2.24, 2.45) is 0 Å². The summed E-state index contributed by atoms with van der Waals surface area (Å²) >= 11 is 0. The van der Waals surface area contributed by atoms with Gasteiger partial charge in [0.05, 0.1) is 0 Å². The summed E-state index contributed by atoms with van der Waals surface area (Å²) in [6, 6.07) is 68.0. The predicted molar refractivity (Wildman–Crippen MR) is 413 cm³/mol. The molecule has 5 aromatic heterocycles. The Balaban J connectivity index is 0.000000452. The van der Waals surface area contributed by atoms with E-state index in [1.165, 1.54) is 110 Å². The molecule has 0 unspecified atom stereocenters. The molecule has 107 heavy (non-hydrogen) atoms. The van der Waals surface area contributed by atoms with Gasteiger partial charge in [0.1, 0.15) is 0 Å². The van der Waals surface area contributed by atoms with Crippen molar-refractivity contribution in [1.29, 1.82) is 0 Å². The second kappa shape index (κ2) is 53.8. The summed E-state index contributed by atoms with van der Waals surface area (Å²) in [5.41, 5.74) is 19.5. The Hall–Kier alpha value is -6.03. The van der Waals surface area contributed by atoms with Crippen LogP contribution in [0.5, 0.6) is 0 Å². The number of hydrogen-bond acceptors (Lipinski definition) is 5. The number of alkyl halides is 3. The Bertz CT molecular complexity index is 4220. The molecular weight excluding hydrogens is 2230 g/mol. The number of unbranched alkanes of at least 4 members (excludes halogenated alkanes) is 9. The van der Waals surface area contributed by atoms with E-state index in [0.717, 1.165) is 131 Å². The normalized spacial score (nSPS) is 10.4. The summed E-state index contributed by atoms with van der Waals surface area (Å²) < 4.78 is 66.8. The number of hydrogen-bond donors (Lipinski definition) is 0. The fourth-order valence-electron chi connectivity index (χ4n) is 11.6. The molecule has 0 atom stereocenters. The van der Waals surface area contributed by atoms with E-state index in [2.05, 4.69) is 170 Å². The molecule has 0 amide bonds. The zero-order valence-corrected chi connectivity index (χ0v) is 75.1. The van der Waals surface area contributed by atoms with Gasteiger partial charge in [-0.05, 0) is 128 Å². The molecule has 5 nitrogen and oxygen atoms in total. The molecule has 0 aliphatic rings. The van der Waals surface area contributed by atoms with E-state index in [1.54, 1.807) is 24.5 Å². The van der Waals surface area contributed by atoms with Gasteiger partial charge in [0.25, 0.3) is 0 Å². The number of benzene rings is 6. The summed E-state index contributed by atoms with van der Waals surface area (Å²) in [6.07, 6.45) is 27.5. The third-order valence-electron chi connectivity index (χ3n) is 17.5. The van der Waals surface area contributed by atoms with Crippen LogP contribution in [0.4, 0.5) is 22.0 Å². The Labute approximate surface area is 704 Å². The van der Waals surface area contributed by atoms with E-state index < -0.39 is 11.7 Å². The van der Waals surface area contributed by atoms with Gasteiger partial charge in [0.15, 0.2) is 0 Å². The zero-order valence-electron chi connectivity index (χ0n) is 63.1. The maximum absolute atomic E-state index is 14.0. The molecule has 5 radical (unpaired) electrons. The molecule has 0 N–H and O–H groups in total. The first-order valence-electron chi connectivity index (χ1n) is 36.8. The van der Waals surface area contributed by atoms with E-state index in [-0.39, 0.29) is 112 Å². The molecule has 0 saturated carbocycles. The molecule has 0 saturated heterocycles. The van der Waals surface area contributed by atoms with Gasteiger partial charge in [-0.15, -0.1) is 148 Å². The van der Waals surface area contributed by atoms with Crippen LogP contribution in [0.2, 0.25) is 0 Å². The van der Waals surface area contributed by atoms with Gasteiger partial charge in [0.2, 0.25) is 0 Å². The molecule has 0 spiro atoms. The summed E-state index contributed by atoms with van der Waals surface area (Å²) in [7, 11) is 0. The standard InChI is InChI=1S/C24H26N.C19H23FN.C17H17F3N.C17H19FN.C15H16N.5Ir/c1-3-4-5-6-10-20-14-15-24(25-18-20)23-13-8-12-22(17-23)21-11-7-9-19(2)16-21;1-3-5-7-15-9-12-19(21-14-15)17-10-11-18(20)16(13-17)8-6-4-2;1-4-5-13-9-14(6-7-15(13)17(18,19)20)16-12(3)8-11(2)10-21-16;1-2-3-4-5-8-14-10-11-15(13-16(14)18)17-9-6-7-12-19-17;1-2-3-6-13-8-10-14(11-9-13)15-7-4-5-12-16-15;;;;;/h7-9,11-12,14-18H,3-6,10H2,1-2H3;9,11-14H,3-8H2,1-2H3;7-10H,4-5H2,1-3H3;6-7,9-10,12-13H,2-5,8H2,1H3;4-5,7-10,12H,2-3,6H2,1H3;;;;;/q5*-1;;;;;. The largest absolute Gasteiger partial charge is 0.381 e. The third kappa shape index (κ3) is 33.6. The summed E-state index contributed by atoms with van der Waals surface area (Å²) in [5, 5.41) is 0. The average molecular weight is 2330 g/mol. The smallest absolute Gasteiger partial charge is 0.305 e. The van der Waals surface area contributed by atoms with Gasteiger partial charge in [-0.25, -0.2) is 4.39 Å². The Kier molecular flexibility index (Phi) is 48.7. The van der Waals surface area contributed by atoms with Crippen molar-refractivity contribution in [3.63, 3.8) is 0 Å². The van der Waals surface area contributed by atoms with E-state index >= 15 is 0 Å². The van der Waals surface area contributed by atoms with Crippen LogP contribution in [-0.4, -0.2) is 24.9 Å². The summed E-state index contributed by atoms with van der Waals surface area (Å²) in [5.74, 6) is -0.303. The molecular formula is C92H101F5Ir5N5-5. The molecule has 15 heteroatoms. The molecule has 0 aliphatic carbocycles. The summed E-state index contributed by atoms with van der Waals surface area (Å²) in [6.45, 7) is 18.8. The van der Waals surface area contributed by atoms with E-state index in [1.807, 2.05) is 100 Å². The molecule has 0 bridgehead atoms. The minimum atomic E-state index is -4.34. The Morgan fingerprint density at radius 3 is 1.39 bits per heavy atom. The van der Waals surface area contributed by atoms with Crippen LogP contribution < -0.4 is 0 Å². The van der Waals surface area contributed by atoms with Gasteiger partial charge in [-0.3, -0.25) is 4.39 Å². The minimum absolute atomic E-state index is 0. The number of aromatic nitrogens is 5. The fourth-order valence-corrected chi connectivity index (χ4v) is 11.6. The van der Waals surface area contributed by atoms with Crippen LogP contribution in [0.25, 0.3) is 67.4 Å². The molecule has 6 aromatic carbocycles. The fraction of sp³-hybridized carbons (Fsp3) is 0.337. The number of halogens is 5. The zero-order chi connectivity index (χ0) is 72.9. The molecule has 0 fully saturated rings. The van der Waals surface area contributed by atoms with Crippen molar-refractivity contribution >= 4 is 0 Å². The van der Waals surface area contributed by atoms with E-state index in [9.17, 15) is 22.0 Å². The van der Waals surface area contributed by atoms with Crippen LogP contribution >= 0.6 is 0 Å². The second-order valence-electron chi connectivity index (χ2n) is 26.1. The SMILES string of the molecule is CCCCCCc1c[c-]c(-c2ccccn2)cc1F.CCCCCCc1ccc(-c2[c-]ccc(-c3cccc(C)c3)c2)nc1.CCCCc1c[c-]c(-c2ccccn2)cc1.CCCCc1ccc(-c2[c-]cc(F)c(CCCC)c2)nc1.CCCc1cc(-c2ncc(C)cc2C)[c-]cc1C(F)(F)F.[Ir].[Ir].[Ir].[Ir].[Ir]. The van der Waals surface area contributed by atoms with Gasteiger partial charge in [0, 0.05) is 143 Å². The first-order chi connectivity index (χ1) is 49.5. The first-order valence-corrected chi connectivity index (χ1v) is 36.8. The van der Waals surface area contributed by atoms with E-state index in [0.29, 0.717) is 29.7 Å². The van der Waals surface area contributed by atoms with Crippen molar-refractivity contribution in [2.75, 3.05) is 0 Å². The van der Waals surface area contributed by atoms with Crippen molar-refractivity contribution < 1.29 is 122 Å². The molecule has 0 aliphatic heterocycles. The monoisotopic (exact) mass is 2340 g/mol. The van der Waals surface area contributed by atoms with Gasteiger partial charge >= 0.3 is 6.18 Å². The third-order valence-corrected chi connectivity index (χ3v) is 17.5. The van der Waals surface area contributed by atoms with Crippen LogP contribution in [0.1, 0.15) is 193 Å². The van der Waals surface area contributed by atoms with Crippen molar-refractivity contribution in [3.05, 3.63) is 292 Å². The topological polar surface area (TPSA) is 64.5 Å². The molecule has 5 heterocycles. The molecule has 11 aromatic rings. The van der Waals surface area contributed by atoms with Crippen LogP contribution in [0.3, 0.4) is 0 Å². The minimum Gasteiger partial charge on any atom is -0.305 e. The van der Waals surface area contributed by atoms with Gasteiger partial charge in [-0.2, -0.15) is 13.2 Å². The maximum Gasteiger partial charge on any atom is 0.381 e. The number of rotatable bonds is 27. The van der Waals surface area contributed by atoms with Gasteiger partial charge in [-0.1, -0.05) is 239 Å². The Morgan fingerprint density at radius 2 is 0.850 bits per heavy atom. The number of pyridine rings is 5. The second-order valence-corrected chi connectivity index (χ2v) is 26.1. The molecule has 579 valence electrons. The first kappa shape index (κ1) is 97.0. The van der Waals surface area contributed by atoms with Crippen molar-refractivity contribution in [3.8, 4) is 67.4 Å².